The first kappa shape index (κ1) is 13.6. The summed E-state index contributed by atoms with van der Waals surface area (Å²) in [5.41, 5.74) is 2.37. The first-order chi connectivity index (χ1) is 8.13. The molecule has 2 heterocycles. The van der Waals surface area contributed by atoms with Gasteiger partial charge in [-0.25, -0.2) is 0 Å². The molecule has 1 fully saturated rings. The number of nitrogens with zero attached hydrogens (tertiary/aromatic N) is 3. The molecule has 0 radical (unpaired) electrons. The van der Waals surface area contributed by atoms with E-state index < -0.39 is 0 Å². The fourth-order valence-corrected chi connectivity index (χ4v) is 3.68. The SMILES string of the molecule is Cc1nn(C)c(CN2CCCCC2CBr)c1Br. The highest BCUT2D eigenvalue weighted by Gasteiger charge is 2.23. The maximum absolute atomic E-state index is 4.46. The lowest BCUT2D eigenvalue weighted by Gasteiger charge is -2.34. The van der Waals surface area contributed by atoms with Gasteiger partial charge in [0.05, 0.1) is 15.9 Å². The summed E-state index contributed by atoms with van der Waals surface area (Å²) >= 11 is 7.28. The van der Waals surface area contributed by atoms with E-state index in [1.807, 2.05) is 18.7 Å². The second-order valence-corrected chi connectivity index (χ2v) is 6.18. The molecule has 96 valence electrons. The highest BCUT2D eigenvalue weighted by atomic mass is 79.9. The Balaban J connectivity index is 2.13. The van der Waals surface area contributed by atoms with Crippen LogP contribution in [0.25, 0.3) is 0 Å². The number of hydrogen-bond acceptors (Lipinski definition) is 2. The summed E-state index contributed by atoms with van der Waals surface area (Å²) in [5.74, 6) is 0. The highest BCUT2D eigenvalue weighted by Crippen LogP contribution is 2.25. The number of halogens is 2. The molecule has 1 aromatic heterocycles. The average Bonchev–Trinajstić information content (AvgIpc) is 2.57. The summed E-state index contributed by atoms with van der Waals surface area (Å²) in [7, 11) is 2.03. The van der Waals surface area contributed by atoms with Crippen molar-refractivity contribution in [1.82, 2.24) is 14.7 Å². The largest absolute Gasteiger partial charge is 0.294 e. The number of hydrogen-bond donors (Lipinski definition) is 0. The maximum atomic E-state index is 4.46. The Morgan fingerprint density at radius 2 is 2.18 bits per heavy atom. The molecule has 0 aromatic carbocycles. The van der Waals surface area contributed by atoms with Gasteiger partial charge in [0.2, 0.25) is 0 Å². The smallest absolute Gasteiger partial charge is 0.0739 e. The second kappa shape index (κ2) is 5.85. The molecule has 0 spiro atoms. The Morgan fingerprint density at radius 1 is 1.41 bits per heavy atom. The van der Waals surface area contributed by atoms with Crippen molar-refractivity contribution in [2.24, 2.45) is 7.05 Å². The van der Waals surface area contributed by atoms with Crippen LogP contribution >= 0.6 is 31.9 Å². The summed E-state index contributed by atoms with van der Waals surface area (Å²) in [4.78, 5) is 2.57. The molecule has 1 aliphatic heterocycles. The molecule has 17 heavy (non-hydrogen) atoms. The molecule has 1 saturated heterocycles. The molecule has 1 atom stereocenters. The van der Waals surface area contributed by atoms with Gasteiger partial charge < -0.3 is 0 Å². The lowest BCUT2D eigenvalue weighted by Crippen LogP contribution is -2.40. The van der Waals surface area contributed by atoms with Crippen LogP contribution in [-0.4, -0.2) is 32.6 Å². The van der Waals surface area contributed by atoms with Crippen LogP contribution < -0.4 is 0 Å². The average molecular weight is 365 g/mol. The number of aryl methyl sites for hydroxylation is 2. The first-order valence-corrected chi connectivity index (χ1v) is 8.03. The van der Waals surface area contributed by atoms with Crippen LogP contribution in [0.3, 0.4) is 0 Å². The van der Waals surface area contributed by atoms with Crippen LogP contribution in [-0.2, 0) is 13.6 Å². The van der Waals surface area contributed by atoms with Crippen LogP contribution in [0.4, 0.5) is 0 Å². The van der Waals surface area contributed by atoms with Crippen LogP contribution in [0, 0.1) is 6.92 Å². The van der Waals surface area contributed by atoms with E-state index in [9.17, 15) is 0 Å². The van der Waals surface area contributed by atoms with Crippen molar-refractivity contribution >= 4 is 31.9 Å². The predicted molar refractivity (Wildman–Crippen MR) is 77.5 cm³/mol. The Bertz CT molecular complexity index is 389. The van der Waals surface area contributed by atoms with Gasteiger partial charge in [0.15, 0.2) is 0 Å². The van der Waals surface area contributed by atoms with Crippen molar-refractivity contribution in [3.63, 3.8) is 0 Å². The molecule has 3 nitrogen and oxygen atoms in total. The van der Waals surface area contributed by atoms with Gasteiger partial charge in [-0.2, -0.15) is 5.10 Å². The number of piperidine rings is 1. The van der Waals surface area contributed by atoms with Crippen molar-refractivity contribution in [2.75, 3.05) is 11.9 Å². The zero-order chi connectivity index (χ0) is 12.4. The zero-order valence-electron chi connectivity index (χ0n) is 10.4. The van der Waals surface area contributed by atoms with E-state index in [0.29, 0.717) is 6.04 Å². The summed E-state index contributed by atoms with van der Waals surface area (Å²) in [6.45, 7) is 4.24. The van der Waals surface area contributed by atoms with Crippen molar-refractivity contribution < 1.29 is 0 Å². The van der Waals surface area contributed by atoms with Crippen LogP contribution in [0.15, 0.2) is 4.47 Å². The number of likely N-dealkylation sites (tertiary alicyclic amines) is 1. The Kier molecular flexibility index (Phi) is 4.66. The Hall–Kier alpha value is 0.130. The van der Waals surface area contributed by atoms with Gasteiger partial charge in [0.25, 0.3) is 0 Å². The standard InChI is InChI=1S/C12H19Br2N3/c1-9-12(14)11(16(2)15-9)8-17-6-4-3-5-10(17)7-13/h10H,3-8H2,1-2H3. The molecule has 1 aliphatic rings. The first-order valence-electron chi connectivity index (χ1n) is 6.11. The van der Waals surface area contributed by atoms with Gasteiger partial charge in [-0.15, -0.1) is 0 Å². The van der Waals surface area contributed by atoms with Gasteiger partial charge in [-0.3, -0.25) is 9.58 Å². The van der Waals surface area contributed by atoms with E-state index in [4.69, 9.17) is 0 Å². The molecular formula is C12H19Br2N3. The number of rotatable bonds is 3. The van der Waals surface area contributed by atoms with Gasteiger partial charge in [-0.1, -0.05) is 22.4 Å². The van der Waals surface area contributed by atoms with Gasteiger partial charge in [0.1, 0.15) is 0 Å². The predicted octanol–water partition coefficient (Wildman–Crippen LogP) is 3.24. The molecule has 0 amide bonds. The third-order valence-electron chi connectivity index (χ3n) is 3.54. The molecule has 0 saturated carbocycles. The van der Waals surface area contributed by atoms with E-state index in [1.54, 1.807) is 0 Å². The molecule has 5 heteroatoms. The minimum Gasteiger partial charge on any atom is -0.294 e. The van der Waals surface area contributed by atoms with Crippen molar-refractivity contribution in [3.05, 3.63) is 15.9 Å². The summed E-state index contributed by atoms with van der Waals surface area (Å²) in [6, 6.07) is 0.672. The fraction of sp³-hybridized carbons (Fsp3) is 0.750. The topological polar surface area (TPSA) is 21.1 Å². The summed E-state index contributed by atoms with van der Waals surface area (Å²) in [5, 5.41) is 5.53. The third-order valence-corrected chi connectivity index (χ3v) is 5.32. The lowest BCUT2D eigenvalue weighted by molar-refractivity contribution is 0.152. The number of alkyl halides is 1. The normalized spacial score (nSPS) is 22.0. The Morgan fingerprint density at radius 3 is 2.76 bits per heavy atom. The Labute approximate surface area is 120 Å². The van der Waals surface area contributed by atoms with Crippen molar-refractivity contribution in [1.29, 1.82) is 0 Å². The molecule has 0 N–H and O–H groups in total. The molecule has 2 rings (SSSR count). The third kappa shape index (κ3) is 2.93. The quantitative estimate of drug-likeness (QED) is 0.767. The molecular weight excluding hydrogens is 346 g/mol. The summed E-state index contributed by atoms with van der Waals surface area (Å²) < 4.78 is 3.16. The van der Waals surface area contributed by atoms with Crippen LogP contribution in [0.1, 0.15) is 30.7 Å². The van der Waals surface area contributed by atoms with E-state index in [0.717, 1.165) is 17.6 Å². The monoisotopic (exact) mass is 363 g/mol. The minimum absolute atomic E-state index is 0.672. The highest BCUT2D eigenvalue weighted by molar-refractivity contribution is 9.10. The van der Waals surface area contributed by atoms with Crippen LogP contribution in [0.5, 0.6) is 0 Å². The lowest BCUT2D eigenvalue weighted by atomic mass is 10.0. The van der Waals surface area contributed by atoms with E-state index in [1.165, 1.54) is 36.0 Å². The van der Waals surface area contributed by atoms with Crippen molar-refractivity contribution in [2.45, 2.75) is 38.8 Å². The van der Waals surface area contributed by atoms with E-state index in [2.05, 4.69) is 41.9 Å². The fourth-order valence-electron chi connectivity index (χ4n) is 2.49. The molecule has 0 bridgehead atoms. The van der Waals surface area contributed by atoms with Gasteiger partial charge >= 0.3 is 0 Å². The molecule has 1 unspecified atom stereocenters. The van der Waals surface area contributed by atoms with Gasteiger partial charge in [0, 0.05) is 25.0 Å². The minimum atomic E-state index is 0.672. The van der Waals surface area contributed by atoms with Gasteiger partial charge in [-0.05, 0) is 42.2 Å². The number of aromatic nitrogens is 2. The second-order valence-electron chi connectivity index (χ2n) is 4.74. The van der Waals surface area contributed by atoms with E-state index in [-0.39, 0.29) is 0 Å². The molecule has 0 aliphatic carbocycles. The van der Waals surface area contributed by atoms with Crippen LogP contribution in [0.2, 0.25) is 0 Å². The molecule has 1 aromatic rings. The summed E-state index contributed by atoms with van der Waals surface area (Å²) in [6.07, 6.45) is 3.98. The van der Waals surface area contributed by atoms with E-state index >= 15 is 0 Å². The zero-order valence-corrected chi connectivity index (χ0v) is 13.6. The maximum Gasteiger partial charge on any atom is 0.0739 e. The van der Waals surface area contributed by atoms with Crippen molar-refractivity contribution in [3.8, 4) is 0 Å².